The minimum Gasteiger partial charge on any atom is -0.357 e. The van der Waals surface area contributed by atoms with Crippen LogP contribution in [-0.4, -0.2) is 14.9 Å². The van der Waals surface area contributed by atoms with E-state index in [1.807, 2.05) is 13.0 Å². The molecule has 13 heavy (non-hydrogen) atoms. The molecule has 0 bridgehead atoms. The normalized spacial score (nSPS) is 10.5. The van der Waals surface area contributed by atoms with Gasteiger partial charge in [-0.15, -0.1) is 0 Å². The number of hydrogen-bond donors (Lipinski definition) is 1. The number of rotatable bonds is 1. The number of aromatic amines is 1. The van der Waals surface area contributed by atoms with E-state index >= 15 is 0 Å². The van der Waals surface area contributed by atoms with Gasteiger partial charge in [-0.2, -0.15) is 0 Å². The number of nitrogens with one attached hydrogen (secondary N) is 1. The zero-order valence-electron chi connectivity index (χ0n) is 6.94. The van der Waals surface area contributed by atoms with Crippen LogP contribution in [0.5, 0.6) is 0 Å². The summed E-state index contributed by atoms with van der Waals surface area (Å²) in [4.78, 5) is 16.9. The molecule has 0 fully saturated rings. The van der Waals surface area contributed by atoms with Gasteiger partial charge in [0.1, 0.15) is 6.20 Å². The molecule has 2 rings (SSSR count). The number of hydrogen-bond acceptors (Lipinski definition) is 3. The Morgan fingerprint density at radius 2 is 2.31 bits per heavy atom. The molecular formula is C8H7N3O2. The van der Waals surface area contributed by atoms with E-state index < -0.39 is 4.92 Å². The maximum atomic E-state index is 10.4. The summed E-state index contributed by atoms with van der Waals surface area (Å²) < 4.78 is 0. The summed E-state index contributed by atoms with van der Waals surface area (Å²) in [7, 11) is 0. The van der Waals surface area contributed by atoms with Crippen molar-refractivity contribution in [3.05, 3.63) is 34.1 Å². The largest absolute Gasteiger partial charge is 0.357 e. The maximum Gasteiger partial charge on any atom is 0.289 e. The minimum atomic E-state index is -0.456. The molecule has 0 aliphatic heterocycles. The van der Waals surface area contributed by atoms with E-state index in [9.17, 15) is 10.1 Å². The molecular weight excluding hydrogens is 170 g/mol. The number of fused-ring (bicyclic) bond motifs is 1. The van der Waals surface area contributed by atoms with E-state index in [4.69, 9.17) is 0 Å². The zero-order valence-corrected chi connectivity index (χ0v) is 6.94. The summed E-state index contributed by atoms with van der Waals surface area (Å²) in [6.07, 6.45) is 1.26. The summed E-state index contributed by atoms with van der Waals surface area (Å²) in [5, 5.41) is 10.4. The van der Waals surface area contributed by atoms with E-state index in [2.05, 4.69) is 9.97 Å². The number of aromatic nitrogens is 2. The first-order valence-electron chi connectivity index (χ1n) is 3.76. The molecule has 0 saturated carbocycles. The first-order valence-corrected chi connectivity index (χ1v) is 3.76. The molecule has 5 nitrogen and oxygen atoms in total. The molecule has 1 N–H and O–H groups in total. The number of nitrogens with zero attached hydrogens (tertiary/aromatic N) is 2. The number of nitro groups is 1. The molecule has 2 aromatic heterocycles. The van der Waals surface area contributed by atoms with E-state index in [1.54, 1.807) is 0 Å². The van der Waals surface area contributed by atoms with E-state index in [1.165, 1.54) is 12.3 Å². The van der Waals surface area contributed by atoms with E-state index in [0.717, 1.165) is 11.2 Å². The van der Waals surface area contributed by atoms with Gasteiger partial charge in [0.15, 0.2) is 0 Å². The molecule has 0 aliphatic rings. The van der Waals surface area contributed by atoms with Gasteiger partial charge in [-0.3, -0.25) is 10.1 Å². The average molecular weight is 177 g/mol. The zero-order chi connectivity index (χ0) is 9.42. The highest BCUT2D eigenvalue weighted by atomic mass is 16.6. The topological polar surface area (TPSA) is 71.8 Å². The Morgan fingerprint density at radius 3 is 3.00 bits per heavy atom. The van der Waals surface area contributed by atoms with Crippen molar-refractivity contribution in [2.75, 3.05) is 0 Å². The van der Waals surface area contributed by atoms with Crippen molar-refractivity contribution >= 4 is 16.7 Å². The van der Waals surface area contributed by atoms with Crippen LogP contribution in [0.15, 0.2) is 18.3 Å². The van der Waals surface area contributed by atoms with Crippen molar-refractivity contribution in [2.24, 2.45) is 0 Å². The van der Waals surface area contributed by atoms with Crippen molar-refractivity contribution < 1.29 is 4.92 Å². The predicted molar refractivity (Wildman–Crippen MR) is 47.5 cm³/mol. The lowest BCUT2D eigenvalue weighted by molar-refractivity contribution is -0.385. The van der Waals surface area contributed by atoms with Gasteiger partial charge >= 0.3 is 0 Å². The highest BCUT2D eigenvalue weighted by Gasteiger charge is 2.07. The van der Waals surface area contributed by atoms with Crippen molar-refractivity contribution in [2.45, 2.75) is 6.92 Å². The number of pyridine rings is 1. The quantitative estimate of drug-likeness (QED) is 0.533. The Hall–Kier alpha value is -1.91. The Bertz CT molecular complexity index is 475. The summed E-state index contributed by atoms with van der Waals surface area (Å²) >= 11 is 0. The second-order valence-corrected chi connectivity index (χ2v) is 2.84. The molecule has 0 saturated heterocycles. The fraction of sp³-hybridized carbons (Fsp3) is 0.125. The van der Waals surface area contributed by atoms with Crippen LogP contribution in [0.4, 0.5) is 5.69 Å². The lowest BCUT2D eigenvalue weighted by Crippen LogP contribution is -1.88. The molecule has 5 heteroatoms. The maximum absolute atomic E-state index is 10.4. The third-order valence-corrected chi connectivity index (χ3v) is 1.80. The fourth-order valence-corrected chi connectivity index (χ4v) is 1.23. The van der Waals surface area contributed by atoms with Crippen LogP contribution in [0.2, 0.25) is 0 Å². The van der Waals surface area contributed by atoms with Gasteiger partial charge in [-0.05, 0) is 13.0 Å². The Labute approximate surface area is 73.6 Å². The average Bonchev–Trinajstić information content (AvgIpc) is 2.42. The van der Waals surface area contributed by atoms with Gasteiger partial charge in [0, 0.05) is 11.8 Å². The summed E-state index contributed by atoms with van der Waals surface area (Å²) in [5.74, 6) is 0. The van der Waals surface area contributed by atoms with Gasteiger partial charge in [-0.25, -0.2) is 4.98 Å². The van der Waals surface area contributed by atoms with Crippen LogP contribution < -0.4 is 0 Å². The highest BCUT2D eigenvalue weighted by molar-refractivity contribution is 5.77. The molecule has 2 heterocycles. The molecule has 0 amide bonds. The van der Waals surface area contributed by atoms with Crippen molar-refractivity contribution in [3.8, 4) is 0 Å². The van der Waals surface area contributed by atoms with Gasteiger partial charge in [-0.1, -0.05) is 0 Å². The minimum absolute atomic E-state index is 0.00866. The van der Waals surface area contributed by atoms with Gasteiger partial charge in [0.25, 0.3) is 5.69 Å². The van der Waals surface area contributed by atoms with Crippen LogP contribution >= 0.6 is 0 Å². The standard InChI is InChI=1S/C8H7N3O2/c1-5-2-7-8(10-5)3-6(4-9-7)11(12)13/h2-4,10H,1H3. The Balaban J connectivity index is 2.67. The lowest BCUT2D eigenvalue weighted by atomic mass is 10.3. The van der Waals surface area contributed by atoms with Crippen LogP contribution in [0.3, 0.4) is 0 Å². The predicted octanol–water partition coefficient (Wildman–Crippen LogP) is 1.78. The Kier molecular flexibility index (Phi) is 1.51. The molecule has 2 aromatic rings. The second kappa shape index (κ2) is 2.55. The molecule has 0 radical (unpaired) electrons. The molecule has 0 atom stereocenters. The SMILES string of the molecule is Cc1cc2ncc([N+](=O)[O-])cc2[nH]1. The molecule has 66 valence electrons. The van der Waals surface area contributed by atoms with Crippen LogP contribution in [0, 0.1) is 17.0 Å². The highest BCUT2D eigenvalue weighted by Crippen LogP contribution is 2.17. The molecule has 0 aliphatic carbocycles. The third-order valence-electron chi connectivity index (χ3n) is 1.80. The molecule has 0 spiro atoms. The third kappa shape index (κ3) is 1.24. The monoisotopic (exact) mass is 177 g/mol. The summed E-state index contributed by atoms with van der Waals surface area (Å²) in [5.41, 5.74) is 2.41. The second-order valence-electron chi connectivity index (χ2n) is 2.84. The summed E-state index contributed by atoms with van der Waals surface area (Å²) in [6, 6.07) is 3.33. The Morgan fingerprint density at radius 1 is 1.54 bits per heavy atom. The first kappa shape index (κ1) is 7.72. The first-order chi connectivity index (χ1) is 6.16. The van der Waals surface area contributed by atoms with Crippen molar-refractivity contribution in [1.82, 2.24) is 9.97 Å². The number of aryl methyl sites for hydroxylation is 1. The van der Waals surface area contributed by atoms with Crippen LogP contribution in [-0.2, 0) is 0 Å². The van der Waals surface area contributed by atoms with Gasteiger partial charge < -0.3 is 4.98 Å². The number of H-pyrrole nitrogens is 1. The fourth-order valence-electron chi connectivity index (χ4n) is 1.23. The van der Waals surface area contributed by atoms with Crippen molar-refractivity contribution in [3.63, 3.8) is 0 Å². The van der Waals surface area contributed by atoms with Gasteiger partial charge in [0.05, 0.1) is 16.0 Å². The van der Waals surface area contributed by atoms with Gasteiger partial charge in [0.2, 0.25) is 0 Å². The van der Waals surface area contributed by atoms with Crippen molar-refractivity contribution in [1.29, 1.82) is 0 Å². The van der Waals surface area contributed by atoms with Crippen LogP contribution in [0.1, 0.15) is 5.69 Å². The van der Waals surface area contributed by atoms with Crippen LogP contribution in [0.25, 0.3) is 11.0 Å². The summed E-state index contributed by atoms with van der Waals surface area (Å²) in [6.45, 7) is 1.88. The molecule has 0 aromatic carbocycles. The van der Waals surface area contributed by atoms with E-state index in [0.29, 0.717) is 5.52 Å². The smallest absolute Gasteiger partial charge is 0.289 e. The van der Waals surface area contributed by atoms with E-state index in [-0.39, 0.29) is 5.69 Å². The lowest BCUT2D eigenvalue weighted by Gasteiger charge is -1.89. The molecule has 0 unspecified atom stereocenters.